The molecule has 0 aliphatic carbocycles. The first-order valence-electron chi connectivity index (χ1n) is 15.8. The summed E-state index contributed by atoms with van der Waals surface area (Å²) in [4.78, 5) is 25.8. The van der Waals surface area contributed by atoms with Gasteiger partial charge in [-0.15, -0.1) is 6.42 Å². The number of rotatable bonds is 2. The third kappa shape index (κ3) is 11.0. The Hall–Kier alpha value is -5.12. The number of terminal acetylenes is 1. The van der Waals surface area contributed by atoms with E-state index < -0.39 is 34.3 Å². The predicted octanol–water partition coefficient (Wildman–Crippen LogP) is 9.69. The average Bonchev–Trinajstić information content (AvgIpc) is 2.93. The molecule has 0 bridgehead atoms. The van der Waals surface area contributed by atoms with Crippen molar-refractivity contribution in [1.82, 2.24) is 0 Å². The standard InChI is InChI=1S/C42H46O6/c1-14-28-24-31(35(33(26-28)39(2,3)4)45-37(43)47-41(8,9)10)23-21-30-25-32(22-20-29-18-16-15-17-19-29)36(34(27-30)40(5,6)7)46-38(44)48-42(11,12)13/h1,15-19,24-27H,2-13H3. The molecule has 0 aliphatic rings. The second-order valence-electron chi connectivity index (χ2n) is 15.4. The summed E-state index contributed by atoms with van der Waals surface area (Å²) in [5, 5.41) is 0. The second-order valence-corrected chi connectivity index (χ2v) is 15.4. The molecule has 0 atom stereocenters. The van der Waals surface area contributed by atoms with Crippen LogP contribution in [-0.2, 0) is 20.3 Å². The molecule has 48 heavy (non-hydrogen) atoms. The minimum absolute atomic E-state index is 0.272. The van der Waals surface area contributed by atoms with Crippen molar-refractivity contribution in [2.24, 2.45) is 0 Å². The van der Waals surface area contributed by atoms with Gasteiger partial charge in [0.05, 0.1) is 11.1 Å². The topological polar surface area (TPSA) is 71.1 Å². The van der Waals surface area contributed by atoms with Gasteiger partial charge in [0, 0.05) is 27.8 Å². The van der Waals surface area contributed by atoms with Crippen LogP contribution in [0.25, 0.3) is 0 Å². The largest absolute Gasteiger partial charge is 0.514 e. The number of benzene rings is 3. The normalized spacial score (nSPS) is 11.6. The highest BCUT2D eigenvalue weighted by Gasteiger charge is 2.28. The maximum atomic E-state index is 12.9. The van der Waals surface area contributed by atoms with E-state index in [4.69, 9.17) is 25.4 Å². The Morgan fingerprint density at radius 1 is 0.542 bits per heavy atom. The first kappa shape index (κ1) is 37.3. The molecule has 3 aromatic carbocycles. The fourth-order valence-electron chi connectivity index (χ4n) is 4.44. The van der Waals surface area contributed by atoms with Crippen LogP contribution in [0.5, 0.6) is 11.5 Å². The Morgan fingerprint density at radius 3 is 1.33 bits per heavy atom. The Balaban J connectivity index is 2.30. The lowest BCUT2D eigenvalue weighted by Gasteiger charge is -2.25. The number of carbonyl (C=O) groups is 2. The van der Waals surface area contributed by atoms with Gasteiger partial charge in [0.15, 0.2) is 11.5 Å². The highest BCUT2D eigenvalue weighted by Crippen LogP contribution is 2.37. The van der Waals surface area contributed by atoms with Gasteiger partial charge in [-0.05, 0) is 88.8 Å². The van der Waals surface area contributed by atoms with E-state index in [0.717, 1.165) is 5.56 Å². The molecule has 0 heterocycles. The SMILES string of the molecule is C#Cc1cc(C#Cc2cc(C#Cc3ccccc3)c(OC(=O)OC(C)(C)C)c(C(C)(C)C)c2)c(OC(=O)OC(C)(C)C)c(C(C)(C)C)c1. The number of ether oxygens (including phenoxy) is 4. The van der Waals surface area contributed by atoms with Crippen LogP contribution in [0.1, 0.15) is 122 Å². The van der Waals surface area contributed by atoms with Crippen LogP contribution < -0.4 is 9.47 Å². The summed E-state index contributed by atoms with van der Waals surface area (Å²) in [6, 6.07) is 16.7. The van der Waals surface area contributed by atoms with Crippen LogP contribution >= 0.6 is 0 Å². The number of hydrogen-bond donors (Lipinski definition) is 0. The van der Waals surface area contributed by atoms with Gasteiger partial charge in [0.1, 0.15) is 11.2 Å². The number of carbonyl (C=O) groups excluding carboxylic acids is 2. The molecule has 6 nitrogen and oxygen atoms in total. The van der Waals surface area contributed by atoms with Crippen LogP contribution in [0.3, 0.4) is 0 Å². The summed E-state index contributed by atoms with van der Waals surface area (Å²) in [5.41, 5.74) is 1.84. The Labute approximate surface area is 286 Å². The highest BCUT2D eigenvalue weighted by molar-refractivity contribution is 5.71. The Kier molecular flexibility index (Phi) is 11.1. The maximum absolute atomic E-state index is 12.9. The second kappa shape index (κ2) is 14.3. The molecule has 0 aliphatic heterocycles. The van der Waals surface area contributed by atoms with Crippen LogP contribution in [0.2, 0.25) is 0 Å². The van der Waals surface area contributed by atoms with Crippen molar-refractivity contribution in [2.75, 3.05) is 0 Å². The Morgan fingerprint density at radius 2 is 0.938 bits per heavy atom. The van der Waals surface area contributed by atoms with Gasteiger partial charge in [-0.1, -0.05) is 89.3 Å². The quantitative estimate of drug-likeness (QED) is 0.157. The van der Waals surface area contributed by atoms with E-state index in [1.165, 1.54) is 0 Å². The minimum atomic E-state index is -0.846. The molecular formula is C42H46O6. The molecule has 0 spiro atoms. The molecule has 0 fully saturated rings. The first-order valence-corrected chi connectivity index (χ1v) is 15.8. The maximum Gasteiger partial charge on any atom is 0.514 e. The Bertz CT molecular complexity index is 1840. The summed E-state index contributed by atoms with van der Waals surface area (Å²) in [6.45, 7) is 22.6. The van der Waals surface area contributed by atoms with Gasteiger partial charge in [-0.2, -0.15) is 0 Å². The van der Waals surface area contributed by atoms with E-state index in [-0.39, 0.29) is 5.75 Å². The number of hydrogen-bond acceptors (Lipinski definition) is 6. The summed E-state index contributed by atoms with van der Waals surface area (Å²) in [7, 11) is 0. The van der Waals surface area contributed by atoms with Gasteiger partial charge in [-0.25, -0.2) is 9.59 Å². The fraction of sp³-hybridized carbons (Fsp3) is 0.381. The lowest BCUT2D eigenvalue weighted by molar-refractivity contribution is 0.0189. The summed E-state index contributed by atoms with van der Waals surface area (Å²) >= 11 is 0. The van der Waals surface area contributed by atoms with E-state index in [0.29, 0.717) is 39.1 Å². The average molecular weight is 647 g/mol. The van der Waals surface area contributed by atoms with Crippen molar-refractivity contribution >= 4 is 12.3 Å². The molecule has 250 valence electrons. The van der Waals surface area contributed by atoms with Gasteiger partial charge in [0.25, 0.3) is 0 Å². The molecule has 0 amide bonds. The monoisotopic (exact) mass is 646 g/mol. The molecule has 3 rings (SSSR count). The van der Waals surface area contributed by atoms with Crippen molar-refractivity contribution in [3.8, 4) is 47.5 Å². The molecule has 0 radical (unpaired) electrons. The van der Waals surface area contributed by atoms with Crippen LogP contribution in [0, 0.1) is 36.0 Å². The smallest absolute Gasteiger partial charge is 0.428 e. The molecule has 0 N–H and O–H groups in total. The van der Waals surface area contributed by atoms with Crippen molar-refractivity contribution < 1.29 is 28.5 Å². The minimum Gasteiger partial charge on any atom is -0.428 e. The van der Waals surface area contributed by atoms with Crippen LogP contribution in [0.4, 0.5) is 9.59 Å². The first-order chi connectivity index (χ1) is 22.1. The van der Waals surface area contributed by atoms with E-state index in [9.17, 15) is 9.59 Å². The lowest BCUT2D eigenvalue weighted by Crippen LogP contribution is -2.27. The summed E-state index contributed by atoms with van der Waals surface area (Å²) in [6.07, 6.45) is 4.16. The lowest BCUT2D eigenvalue weighted by atomic mass is 9.83. The van der Waals surface area contributed by atoms with E-state index in [1.807, 2.05) is 84.0 Å². The highest BCUT2D eigenvalue weighted by atomic mass is 16.7. The van der Waals surface area contributed by atoms with Crippen molar-refractivity contribution in [2.45, 2.75) is 105 Å². The van der Waals surface area contributed by atoms with E-state index in [2.05, 4.69) is 29.6 Å². The van der Waals surface area contributed by atoms with Crippen LogP contribution in [0.15, 0.2) is 54.6 Å². The zero-order valence-electron chi connectivity index (χ0n) is 30.2. The van der Waals surface area contributed by atoms with E-state index >= 15 is 0 Å². The zero-order valence-corrected chi connectivity index (χ0v) is 30.2. The molecule has 3 aromatic rings. The fourth-order valence-corrected chi connectivity index (χ4v) is 4.44. The molecular weight excluding hydrogens is 600 g/mol. The van der Waals surface area contributed by atoms with Gasteiger partial charge in [-0.3, -0.25) is 0 Å². The molecule has 6 heteroatoms. The third-order valence-corrected chi connectivity index (χ3v) is 6.57. The molecule has 0 aromatic heterocycles. The van der Waals surface area contributed by atoms with Crippen molar-refractivity contribution in [1.29, 1.82) is 0 Å². The van der Waals surface area contributed by atoms with Gasteiger partial charge in [0.2, 0.25) is 0 Å². The molecule has 0 unspecified atom stereocenters. The van der Waals surface area contributed by atoms with Gasteiger partial charge >= 0.3 is 12.3 Å². The predicted molar refractivity (Wildman–Crippen MR) is 190 cm³/mol. The third-order valence-electron chi connectivity index (χ3n) is 6.57. The van der Waals surface area contributed by atoms with Crippen molar-refractivity contribution in [3.63, 3.8) is 0 Å². The van der Waals surface area contributed by atoms with Gasteiger partial charge < -0.3 is 18.9 Å². The summed E-state index contributed by atoms with van der Waals surface area (Å²) in [5.74, 6) is 16.0. The van der Waals surface area contributed by atoms with Crippen LogP contribution in [-0.4, -0.2) is 23.5 Å². The summed E-state index contributed by atoms with van der Waals surface area (Å²) < 4.78 is 22.7. The zero-order chi connectivity index (χ0) is 36.1. The van der Waals surface area contributed by atoms with Crippen molar-refractivity contribution in [3.05, 3.63) is 93.5 Å². The molecule has 0 saturated carbocycles. The molecule has 0 saturated heterocycles. The van der Waals surface area contributed by atoms with E-state index in [1.54, 1.807) is 53.7 Å².